The Morgan fingerprint density at radius 3 is 2.69 bits per heavy atom. The average molecular weight is 530 g/mol. The molecule has 1 aliphatic heterocycles. The van der Waals surface area contributed by atoms with Gasteiger partial charge in [0.1, 0.15) is 29.2 Å². The zero-order chi connectivity index (χ0) is 27.5. The number of amidine groups is 1. The SMILES string of the molecule is CCOc1cc(OC(C)C)c(F)c(C(Nc2ccc(C(=N)N)cc2)c2ncc(-c3ccc4c(c3)CCO4)[nH]2)c1. The molecule has 4 aromatic rings. The van der Waals surface area contributed by atoms with Crippen LogP contribution in [0.1, 0.15) is 49.3 Å². The fraction of sp³-hybridized carbons (Fsp3) is 0.267. The van der Waals surface area contributed by atoms with E-state index in [9.17, 15) is 0 Å². The molecule has 9 heteroatoms. The molecule has 0 bridgehead atoms. The van der Waals surface area contributed by atoms with E-state index < -0.39 is 11.9 Å². The molecular formula is C30H32FN5O3. The van der Waals surface area contributed by atoms with Crippen LogP contribution in [0.15, 0.2) is 60.8 Å². The van der Waals surface area contributed by atoms with Crippen molar-refractivity contribution in [2.45, 2.75) is 39.3 Å². The highest BCUT2D eigenvalue weighted by Crippen LogP contribution is 2.37. The van der Waals surface area contributed by atoms with E-state index in [0.717, 1.165) is 29.0 Å². The summed E-state index contributed by atoms with van der Waals surface area (Å²) in [5.74, 6) is 1.49. The predicted molar refractivity (Wildman–Crippen MR) is 149 cm³/mol. The number of benzene rings is 3. The first-order chi connectivity index (χ1) is 18.8. The molecule has 202 valence electrons. The number of nitrogen functional groups attached to an aromatic ring is 1. The number of ether oxygens (including phenoxy) is 3. The second kappa shape index (κ2) is 11.1. The molecule has 3 aromatic carbocycles. The molecule has 0 spiro atoms. The molecule has 1 aromatic heterocycles. The van der Waals surface area contributed by atoms with Crippen molar-refractivity contribution in [1.82, 2.24) is 9.97 Å². The summed E-state index contributed by atoms with van der Waals surface area (Å²) >= 11 is 0. The van der Waals surface area contributed by atoms with Gasteiger partial charge in [0.15, 0.2) is 11.6 Å². The van der Waals surface area contributed by atoms with Gasteiger partial charge in [0.05, 0.1) is 31.2 Å². The molecule has 0 aliphatic carbocycles. The van der Waals surface area contributed by atoms with Crippen LogP contribution in [-0.4, -0.2) is 35.1 Å². The number of H-pyrrole nitrogens is 1. The molecule has 0 fully saturated rings. The number of aromatic amines is 1. The third-order valence-corrected chi connectivity index (χ3v) is 6.40. The number of nitrogens with one attached hydrogen (secondary N) is 3. The first-order valence-electron chi connectivity index (χ1n) is 13.0. The van der Waals surface area contributed by atoms with E-state index in [-0.39, 0.29) is 17.7 Å². The second-order valence-corrected chi connectivity index (χ2v) is 9.60. The summed E-state index contributed by atoms with van der Waals surface area (Å²) in [7, 11) is 0. The Labute approximate surface area is 226 Å². The predicted octanol–water partition coefficient (Wildman–Crippen LogP) is 5.82. The molecule has 1 aliphatic rings. The number of rotatable bonds is 10. The highest BCUT2D eigenvalue weighted by Gasteiger charge is 2.26. The van der Waals surface area contributed by atoms with Gasteiger partial charge in [-0.2, -0.15) is 0 Å². The van der Waals surface area contributed by atoms with Crippen LogP contribution in [0.5, 0.6) is 17.2 Å². The zero-order valence-corrected chi connectivity index (χ0v) is 22.2. The normalized spacial score (nSPS) is 13.1. The van der Waals surface area contributed by atoms with Crippen molar-refractivity contribution < 1.29 is 18.6 Å². The minimum Gasteiger partial charge on any atom is -0.494 e. The number of halogens is 1. The van der Waals surface area contributed by atoms with Crippen molar-refractivity contribution in [3.63, 3.8) is 0 Å². The first-order valence-corrected chi connectivity index (χ1v) is 13.0. The number of hydrogen-bond acceptors (Lipinski definition) is 6. The summed E-state index contributed by atoms with van der Waals surface area (Å²) in [6.07, 6.45) is 2.38. The smallest absolute Gasteiger partial charge is 0.171 e. The summed E-state index contributed by atoms with van der Waals surface area (Å²) in [4.78, 5) is 8.05. The van der Waals surface area contributed by atoms with Gasteiger partial charge in [-0.05, 0) is 74.9 Å². The monoisotopic (exact) mass is 529 g/mol. The summed E-state index contributed by atoms with van der Waals surface area (Å²) in [6, 6.07) is 15.6. The summed E-state index contributed by atoms with van der Waals surface area (Å²) < 4.78 is 33.2. The molecule has 5 N–H and O–H groups in total. The fourth-order valence-electron chi connectivity index (χ4n) is 4.58. The van der Waals surface area contributed by atoms with E-state index in [2.05, 4.69) is 21.4 Å². The van der Waals surface area contributed by atoms with E-state index in [4.69, 9.17) is 25.4 Å². The topological polar surface area (TPSA) is 118 Å². The first kappa shape index (κ1) is 26.1. The molecule has 5 rings (SSSR count). The zero-order valence-electron chi connectivity index (χ0n) is 22.2. The molecule has 8 nitrogen and oxygen atoms in total. The Bertz CT molecular complexity index is 1480. The molecule has 39 heavy (non-hydrogen) atoms. The third-order valence-electron chi connectivity index (χ3n) is 6.40. The Balaban J connectivity index is 1.58. The number of nitrogens with zero attached hydrogens (tertiary/aromatic N) is 1. The van der Waals surface area contributed by atoms with Crippen molar-refractivity contribution >= 4 is 11.5 Å². The van der Waals surface area contributed by atoms with Crippen LogP contribution in [0.3, 0.4) is 0 Å². The lowest BCUT2D eigenvalue weighted by Crippen LogP contribution is -2.18. The molecular weight excluding hydrogens is 497 g/mol. The second-order valence-electron chi connectivity index (χ2n) is 9.60. The van der Waals surface area contributed by atoms with Crippen molar-refractivity contribution in [2.75, 3.05) is 18.5 Å². The average Bonchev–Trinajstić information content (AvgIpc) is 3.59. The molecule has 0 saturated heterocycles. The maximum absolute atomic E-state index is 16.0. The minimum atomic E-state index is -0.713. The Morgan fingerprint density at radius 1 is 1.18 bits per heavy atom. The number of nitrogens with two attached hydrogens (primary N) is 1. The van der Waals surface area contributed by atoms with Crippen LogP contribution < -0.4 is 25.3 Å². The number of hydrogen-bond donors (Lipinski definition) is 4. The van der Waals surface area contributed by atoms with Crippen molar-refractivity contribution in [2.24, 2.45) is 5.73 Å². The summed E-state index contributed by atoms with van der Waals surface area (Å²) in [5, 5.41) is 11.1. The van der Waals surface area contributed by atoms with Gasteiger partial charge in [0.2, 0.25) is 0 Å². The van der Waals surface area contributed by atoms with Gasteiger partial charge in [-0.15, -0.1) is 0 Å². The fourth-order valence-corrected chi connectivity index (χ4v) is 4.58. The Kier molecular flexibility index (Phi) is 7.40. The van der Waals surface area contributed by atoms with Crippen molar-refractivity contribution in [3.8, 4) is 28.5 Å². The van der Waals surface area contributed by atoms with Gasteiger partial charge < -0.3 is 30.2 Å². The van der Waals surface area contributed by atoms with Crippen LogP contribution in [0, 0.1) is 11.2 Å². The maximum Gasteiger partial charge on any atom is 0.171 e. The van der Waals surface area contributed by atoms with E-state index in [1.165, 1.54) is 0 Å². The van der Waals surface area contributed by atoms with E-state index in [1.54, 1.807) is 42.6 Å². The number of imidazole rings is 1. The highest BCUT2D eigenvalue weighted by atomic mass is 19.1. The Morgan fingerprint density at radius 2 is 1.97 bits per heavy atom. The van der Waals surface area contributed by atoms with Gasteiger partial charge in [-0.3, -0.25) is 5.41 Å². The maximum atomic E-state index is 16.0. The Hall–Kier alpha value is -4.53. The lowest BCUT2D eigenvalue weighted by Gasteiger charge is -2.22. The van der Waals surface area contributed by atoms with Crippen LogP contribution >= 0.6 is 0 Å². The number of aromatic nitrogens is 2. The van der Waals surface area contributed by atoms with Gasteiger partial charge >= 0.3 is 0 Å². The van der Waals surface area contributed by atoms with Gasteiger partial charge in [-0.25, -0.2) is 9.37 Å². The third kappa shape index (κ3) is 5.67. The molecule has 0 saturated carbocycles. The van der Waals surface area contributed by atoms with Gasteiger partial charge in [0.25, 0.3) is 0 Å². The van der Waals surface area contributed by atoms with Crippen LogP contribution in [-0.2, 0) is 6.42 Å². The minimum absolute atomic E-state index is 0.0283. The van der Waals surface area contributed by atoms with Gasteiger partial charge in [-0.1, -0.05) is 0 Å². The standard InChI is InChI=1S/C30H32FN5O3/c1-4-37-22-14-23(27(31)26(15-22)39-17(2)3)28(35-21-8-5-18(6-9-21)29(32)33)30-34-16-24(36-30)19-7-10-25-20(13-19)11-12-38-25/h5-10,13-17,28,35H,4,11-12H2,1-3H3,(H3,32,33)(H,34,36). The molecule has 0 radical (unpaired) electrons. The molecule has 0 amide bonds. The van der Waals surface area contributed by atoms with Crippen LogP contribution in [0.25, 0.3) is 11.3 Å². The summed E-state index contributed by atoms with van der Waals surface area (Å²) in [6.45, 7) is 6.67. The summed E-state index contributed by atoms with van der Waals surface area (Å²) in [5.41, 5.74) is 10.1. The van der Waals surface area contributed by atoms with Gasteiger partial charge in [0, 0.05) is 34.9 Å². The quantitative estimate of drug-likeness (QED) is 0.152. The van der Waals surface area contributed by atoms with E-state index in [1.807, 2.05) is 32.9 Å². The van der Waals surface area contributed by atoms with Crippen molar-refractivity contribution in [3.05, 3.63) is 89.1 Å². The van der Waals surface area contributed by atoms with E-state index in [0.29, 0.717) is 41.6 Å². The highest BCUT2D eigenvalue weighted by molar-refractivity contribution is 5.95. The van der Waals surface area contributed by atoms with Crippen molar-refractivity contribution in [1.29, 1.82) is 5.41 Å². The molecule has 2 heterocycles. The molecule has 1 atom stereocenters. The number of anilines is 1. The van der Waals surface area contributed by atoms with Crippen LogP contribution in [0.4, 0.5) is 10.1 Å². The van der Waals surface area contributed by atoms with E-state index >= 15 is 4.39 Å². The lowest BCUT2D eigenvalue weighted by molar-refractivity contribution is 0.228. The lowest BCUT2D eigenvalue weighted by atomic mass is 10.0. The molecule has 1 unspecified atom stereocenters. The largest absolute Gasteiger partial charge is 0.494 e. The van der Waals surface area contributed by atoms with Crippen LogP contribution in [0.2, 0.25) is 0 Å². The number of fused-ring (bicyclic) bond motifs is 1.